The van der Waals surface area contributed by atoms with Crippen LogP contribution >= 0.6 is 0 Å². The van der Waals surface area contributed by atoms with Crippen molar-refractivity contribution in [1.29, 1.82) is 0 Å². The molecule has 2 fully saturated rings. The molecule has 0 N–H and O–H groups in total. The summed E-state index contributed by atoms with van der Waals surface area (Å²) in [6, 6.07) is 9.54. The fourth-order valence-electron chi connectivity index (χ4n) is 3.81. The summed E-state index contributed by atoms with van der Waals surface area (Å²) in [5, 5.41) is 0. The third kappa shape index (κ3) is 3.99. The van der Waals surface area contributed by atoms with Gasteiger partial charge in [-0.3, -0.25) is 4.90 Å². The zero-order chi connectivity index (χ0) is 17.4. The van der Waals surface area contributed by atoms with E-state index in [0.29, 0.717) is 13.1 Å². The lowest BCUT2D eigenvalue weighted by atomic mass is 10.1. The van der Waals surface area contributed by atoms with Crippen LogP contribution in [0.25, 0.3) is 0 Å². The van der Waals surface area contributed by atoms with Crippen molar-refractivity contribution in [2.24, 2.45) is 0 Å². The Bertz CT molecular complexity index is 778. The van der Waals surface area contributed by atoms with E-state index in [0.717, 1.165) is 19.4 Å². The van der Waals surface area contributed by atoms with Crippen LogP contribution in [0, 0.1) is 0 Å². The van der Waals surface area contributed by atoms with Gasteiger partial charge < -0.3 is 0 Å². The summed E-state index contributed by atoms with van der Waals surface area (Å²) < 4.78 is 49.4. The van der Waals surface area contributed by atoms with Crippen molar-refractivity contribution in [3.63, 3.8) is 0 Å². The third-order valence-corrected chi connectivity index (χ3v) is 7.92. The van der Waals surface area contributed by atoms with Gasteiger partial charge >= 0.3 is 0 Å². The lowest BCUT2D eigenvalue weighted by Crippen LogP contribution is -2.60. The fraction of sp³-hybridized carbons (Fsp3) is 0.625. The maximum Gasteiger partial charge on any atom is 0.211 e. The van der Waals surface area contributed by atoms with E-state index in [1.807, 2.05) is 18.2 Å². The van der Waals surface area contributed by atoms with Crippen molar-refractivity contribution in [2.75, 3.05) is 37.4 Å². The van der Waals surface area contributed by atoms with Crippen molar-refractivity contribution in [3.05, 3.63) is 35.9 Å². The van der Waals surface area contributed by atoms with Gasteiger partial charge in [-0.05, 0) is 24.9 Å². The van der Waals surface area contributed by atoms with Gasteiger partial charge in [0.1, 0.15) is 0 Å². The Kier molecular flexibility index (Phi) is 5.01. The Morgan fingerprint density at radius 3 is 2.42 bits per heavy atom. The summed E-state index contributed by atoms with van der Waals surface area (Å²) in [6.07, 6.45) is 3.05. The fourth-order valence-corrected chi connectivity index (χ4v) is 7.04. The van der Waals surface area contributed by atoms with Crippen molar-refractivity contribution >= 4 is 19.9 Å². The highest BCUT2D eigenvalue weighted by Crippen LogP contribution is 2.28. The van der Waals surface area contributed by atoms with Crippen LogP contribution in [0.4, 0.5) is 0 Å². The van der Waals surface area contributed by atoms with Crippen LogP contribution in [0.3, 0.4) is 0 Å². The Hall–Kier alpha value is -0.960. The van der Waals surface area contributed by atoms with Gasteiger partial charge in [-0.15, -0.1) is 0 Å². The zero-order valence-electron chi connectivity index (χ0n) is 13.8. The van der Waals surface area contributed by atoms with E-state index in [9.17, 15) is 16.8 Å². The molecule has 2 saturated heterocycles. The number of sulfone groups is 1. The number of hydrogen-bond donors (Lipinski definition) is 0. The predicted molar refractivity (Wildman–Crippen MR) is 94.1 cm³/mol. The Balaban J connectivity index is 1.67. The largest absolute Gasteiger partial charge is 0.296 e. The van der Waals surface area contributed by atoms with E-state index in [-0.39, 0.29) is 17.5 Å². The van der Waals surface area contributed by atoms with Crippen molar-refractivity contribution in [1.82, 2.24) is 9.21 Å². The number of aryl methyl sites for hydroxylation is 1. The van der Waals surface area contributed by atoms with Crippen LogP contribution in [0.1, 0.15) is 12.0 Å². The molecule has 2 heterocycles. The quantitative estimate of drug-likeness (QED) is 0.746. The molecule has 24 heavy (non-hydrogen) atoms. The minimum atomic E-state index is -3.37. The molecular formula is C16H24N2O4S2. The molecule has 0 amide bonds. The molecule has 0 bridgehead atoms. The third-order valence-electron chi connectivity index (χ3n) is 4.92. The summed E-state index contributed by atoms with van der Waals surface area (Å²) in [7, 11) is -6.55. The van der Waals surface area contributed by atoms with E-state index in [1.54, 1.807) is 0 Å². The molecule has 8 heteroatoms. The zero-order valence-corrected chi connectivity index (χ0v) is 15.5. The molecule has 2 aliphatic rings. The highest BCUT2D eigenvalue weighted by Gasteiger charge is 2.48. The second-order valence-corrected chi connectivity index (χ2v) is 10.8. The summed E-state index contributed by atoms with van der Waals surface area (Å²) in [4.78, 5) is 2.17. The summed E-state index contributed by atoms with van der Waals surface area (Å²) in [6.45, 7) is 1.77. The molecule has 6 nitrogen and oxygen atoms in total. The van der Waals surface area contributed by atoms with E-state index < -0.39 is 25.9 Å². The lowest BCUT2D eigenvalue weighted by Gasteiger charge is -2.42. The SMILES string of the molecule is CS(=O)(=O)N1CCN(CCCc2ccccc2)[C@H]2CS(=O)(=O)C[C@H]21. The Morgan fingerprint density at radius 1 is 1.08 bits per heavy atom. The molecule has 2 aliphatic heterocycles. The van der Waals surface area contributed by atoms with Crippen LogP contribution < -0.4 is 0 Å². The smallest absolute Gasteiger partial charge is 0.211 e. The number of fused-ring (bicyclic) bond motifs is 1. The van der Waals surface area contributed by atoms with E-state index in [2.05, 4.69) is 17.0 Å². The maximum absolute atomic E-state index is 12.1. The summed E-state index contributed by atoms with van der Waals surface area (Å²) >= 11 is 0. The highest BCUT2D eigenvalue weighted by molar-refractivity contribution is 7.92. The van der Waals surface area contributed by atoms with Crippen LogP contribution in [0.2, 0.25) is 0 Å². The molecule has 0 aliphatic carbocycles. The standard InChI is InChI=1S/C16H24N2O4S2/c1-23(19,20)18-11-10-17(15-12-24(21,22)13-16(15)18)9-5-8-14-6-3-2-4-7-14/h2-4,6-7,15-16H,5,8-13H2,1H3/t15-,16+/m0/s1. The molecule has 0 unspecified atom stereocenters. The highest BCUT2D eigenvalue weighted by atomic mass is 32.2. The van der Waals surface area contributed by atoms with Crippen LogP contribution in [0.5, 0.6) is 0 Å². The van der Waals surface area contributed by atoms with E-state index in [1.165, 1.54) is 16.1 Å². The first-order valence-corrected chi connectivity index (χ1v) is 11.9. The van der Waals surface area contributed by atoms with Gasteiger partial charge in [0.05, 0.1) is 23.8 Å². The topological polar surface area (TPSA) is 74.8 Å². The van der Waals surface area contributed by atoms with Crippen molar-refractivity contribution in [2.45, 2.75) is 24.9 Å². The van der Waals surface area contributed by atoms with Crippen LogP contribution in [-0.2, 0) is 26.3 Å². The average molecular weight is 373 g/mol. The van der Waals surface area contributed by atoms with Gasteiger partial charge in [-0.1, -0.05) is 30.3 Å². The molecule has 0 radical (unpaired) electrons. The molecular weight excluding hydrogens is 348 g/mol. The second-order valence-electron chi connectivity index (χ2n) is 6.71. The van der Waals surface area contributed by atoms with E-state index in [4.69, 9.17) is 0 Å². The van der Waals surface area contributed by atoms with Gasteiger partial charge in [-0.2, -0.15) is 4.31 Å². The summed E-state index contributed by atoms with van der Waals surface area (Å²) in [5.41, 5.74) is 1.27. The first-order valence-electron chi connectivity index (χ1n) is 8.21. The van der Waals surface area contributed by atoms with Gasteiger partial charge in [0.25, 0.3) is 0 Å². The lowest BCUT2D eigenvalue weighted by molar-refractivity contribution is 0.0950. The minimum Gasteiger partial charge on any atom is -0.296 e. The number of sulfonamides is 1. The van der Waals surface area contributed by atoms with Crippen molar-refractivity contribution < 1.29 is 16.8 Å². The number of rotatable bonds is 5. The van der Waals surface area contributed by atoms with Gasteiger partial charge in [0.15, 0.2) is 9.84 Å². The summed E-state index contributed by atoms with van der Waals surface area (Å²) in [5.74, 6) is 0.00887. The van der Waals surface area contributed by atoms with Crippen molar-refractivity contribution in [3.8, 4) is 0 Å². The van der Waals surface area contributed by atoms with Gasteiger partial charge in [-0.25, -0.2) is 16.8 Å². The first-order chi connectivity index (χ1) is 11.3. The molecule has 134 valence electrons. The molecule has 0 aromatic heterocycles. The normalized spacial score (nSPS) is 27.9. The van der Waals surface area contributed by atoms with E-state index >= 15 is 0 Å². The molecule has 1 aromatic rings. The Labute approximate surface area is 144 Å². The minimum absolute atomic E-state index is 0.0556. The molecule has 2 atom stereocenters. The number of hydrogen-bond acceptors (Lipinski definition) is 5. The maximum atomic E-state index is 12.1. The Morgan fingerprint density at radius 2 is 1.75 bits per heavy atom. The molecule has 0 saturated carbocycles. The monoisotopic (exact) mass is 372 g/mol. The predicted octanol–water partition coefficient (Wildman–Crippen LogP) is 0.362. The number of piperazine rings is 1. The first kappa shape index (κ1) is 17.8. The molecule has 3 rings (SSSR count). The molecule has 1 aromatic carbocycles. The second kappa shape index (κ2) is 6.74. The molecule has 0 spiro atoms. The number of benzene rings is 1. The van der Waals surface area contributed by atoms with Crippen LogP contribution in [-0.4, -0.2) is 75.5 Å². The van der Waals surface area contributed by atoms with Gasteiger partial charge in [0.2, 0.25) is 10.0 Å². The van der Waals surface area contributed by atoms with Gasteiger partial charge in [0, 0.05) is 19.1 Å². The van der Waals surface area contributed by atoms with Crippen LogP contribution in [0.15, 0.2) is 30.3 Å². The number of nitrogens with zero attached hydrogens (tertiary/aromatic N) is 2. The average Bonchev–Trinajstić information content (AvgIpc) is 2.82.